The molecule has 0 fully saturated rings. The maximum absolute atomic E-state index is 6.13. The lowest BCUT2D eigenvalue weighted by Crippen LogP contribution is -2.09. The Hall–Kier alpha value is -1.19. The number of para-hydroxylation sites is 1. The first-order valence-electron chi connectivity index (χ1n) is 4.79. The highest BCUT2D eigenvalue weighted by Gasteiger charge is 2.10. The summed E-state index contributed by atoms with van der Waals surface area (Å²) in [5.41, 5.74) is 6.56. The van der Waals surface area contributed by atoms with E-state index in [1.165, 1.54) is 0 Å². The van der Waals surface area contributed by atoms with E-state index in [1.807, 2.05) is 28.8 Å². The number of hydrogen-bond donors (Lipinski definition) is 1. The summed E-state index contributed by atoms with van der Waals surface area (Å²) < 4.78 is 7.28. The van der Waals surface area contributed by atoms with E-state index in [4.69, 9.17) is 22.1 Å². The fraction of sp³-hybridized carbons (Fsp3) is 0.273. The summed E-state index contributed by atoms with van der Waals surface area (Å²) in [6.45, 7) is 1.25. The molecule has 80 valence electrons. The van der Waals surface area contributed by atoms with Crippen LogP contribution in [0.3, 0.4) is 0 Å². The van der Waals surface area contributed by atoms with Crippen molar-refractivity contribution in [1.82, 2.24) is 4.57 Å². The molecule has 3 nitrogen and oxygen atoms in total. The summed E-state index contributed by atoms with van der Waals surface area (Å²) in [6, 6.07) is 7.81. The Morgan fingerprint density at radius 2 is 2.27 bits per heavy atom. The van der Waals surface area contributed by atoms with E-state index in [0.717, 1.165) is 16.7 Å². The van der Waals surface area contributed by atoms with Gasteiger partial charge in [-0.15, -0.1) is 0 Å². The summed E-state index contributed by atoms with van der Waals surface area (Å²) in [5.74, 6) is 0.827. The van der Waals surface area contributed by atoms with Gasteiger partial charge in [0.1, 0.15) is 10.9 Å². The van der Waals surface area contributed by atoms with Gasteiger partial charge in [0.05, 0.1) is 12.6 Å². The largest absolute Gasteiger partial charge is 0.495 e. The van der Waals surface area contributed by atoms with Gasteiger partial charge in [-0.25, -0.2) is 0 Å². The van der Waals surface area contributed by atoms with Gasteiger partial charge in [-0.1, -0.05) is 23.7 Å². The average molecular weight is 225 g/mol. The molecule has 0 amide bonds. The predicted molar refractivity (Wildman–Crippen MR) is 62.6 cm³/mol. The zero-order valence-corrected chi connectivity index (χ0v) is 9.29. The van der Waals surface area contributed by atoms with Crippen molar-refractivity contribution in [3.05, 3.63) is 29.4 Å². The first-order valence-corrected chi connectivity index (χ1v) is 5.17. The van der Waals surface area contributed by atoms with Crippen molar-refractivity contribution in [2.24, 2.45) is 5.73 Å². The van der Waals surface area contributed by atoms with E-state index in [9.17, 15) is 0 Å². The van der Waals surface area contributed by atoms with Crippen LogP contribution in [0.15, 0.2) is 24.3 Å². The molecule has 0 aliphatic rings. The number of nitrogens with two attached hydrogens (primary N) is 1. The minimum atomic E-state index is 0.557. The van der Waals surface area contributed by atoms with E-state index < -0.39 is 0 Å². The summed E-state index contributed by atoms with van der Waals surface area (Å²) in [4.78, 5) is 0. The number of rotatable bonds is 3. The van der Waals surface area contributed by atoms with Gasteiger partial charge in [-0.2, -0.15) is 0 Å². The van der Waals surface area contributed by atoms with Gasteiger partial charge in [0.2, 0.25) is 0 Å². The maximum Gasteiger partial charge on any atom is 0.143 e. The van der Waals surface area contributed by atoms with E-state index in [1.54, 1.807) is 7.11 Å². The molecule has 0 spiro atoms. The predicted octanol–water partition coefficient (Wildman–Crippen LogP) is 2.26. The number of methoxy groups -OCH3 is 1. The van der Waals surface area contributed by atoms with Crippen LogP contribution < -0.4 is 10.5 Å². The van der Waals surface area contributed by atoms with Crippen LogP contribution in [0, 0.1) is 0 Å². The molecule has 0 bridgehead atoms. The molecule has 0 aliphatic heterocycles. The Kier molecular flexibility index (Phi) is 2.84. The van der Waals surface area contributed by atoms with Crippen molar-refractivity contribution in [2.45, 2.75) is 6.54 Å². The quantitative estimate of drug-likeness (QED) is 0.869. The van der Waals surface area contributed by atoms with E-state index >= 15 is 0 Å². The van der Waals surface area contributed by atoms with Crippen molar-refractivity contribution in [3.8, 4) is 5.75 Å². The zero-order valence-electron chi connectivity index (χ0n) is 8.53. The Morgan fingerprint density at radius 1 is 1.47 bits per heavy atom. The molecule has 0 unspecified atom stereocenters. The number of aromatic nitrogens is 1. The van der Waals surface area contributed by atoms with Gasteiger partial charge in [-0.3, -0.25) is 0 Å². The first-order chi connectivity index (χ1) is 7.27. The highest BCUT2D eigenvalue weighted by atomic mass is 35.5. The fourth-order valence-corrected chi connectivity index (χ4v) is 2.06. The van der Waals surface area contributed by atoms with Crippen LogP contribution in [0.1, 0.15) is 0 Å². The van der Waals surface area contributed by atoms with Gasteiger partial charge >= 0.3 is 0 Å². The molecule has 0 saturated carbocycles. The van der Waals surface area contributed by atoms with Crippen LogP contribution in [0.4, 0.5) is 0 Å². The fourth-order valence-electron chi connectivity index (χ4n) is 1.77. The summed E-state index contributed by atoms with van der Waals surface area (Å²) in [7, 11) is 1.66. The molecule has 0 radical (unpaired) electrons. The average Bonchev–Trinajstić information content (AvgIpc) is 2.56. The molecule has 1 aromatic heterocycles. The number of ether oxygens (including phenoxy) is 1. The minimum absolute atomic E-state index is 0.557. The molecular formula is C11H13ClN2O. The molecule has 0 atom stereocenters. The van der Waals surface area contributed by atoms with Gasteiger partial charge in [0.25, 0.3) is 0 Å². The molecule has 4 heteroatoms. The lowest BCUT2D eigenvalue weighted by atomic mass is 10.2. The van der Waals surface area contributed by atoms with Crippen LogP contribution in [0.5, 0.6) is 5.75 Å². The normalized spacial score (nSPS) is 10.9. The second-order valence-corrected chi connectivity index (χ2v) is 3.69. The first kappa shape index (κ1) is 10.3. The van der Waals surface area contributed by atoms with Crippen molar-refractivity contribution in [3.63, 3.8) is 0 Å². The standard InChI is InChI=1S/C11H13ClN2O/c1-15-9-4-2-3-8-7-10(12)14(6-5-13)11(8)9/h2-4,7H,5-6,13H2,1H3. The molecule has 2 rings (SSSR count). The molecule has 1 aromatic carbocycles. The smallest absolute Gasteiger partial charge is 0.143 e. The van der Waals surface area contributed by atoms with Gasteiger partial charge in [0, 0.05) is 18.5 Å². The van der Waals surface area contributed by atoms with Gasteiger partial charge in [0.15, 0.2) is 0 Å². The van der Waals surface area contributed by atoms with Crippen molar-refractivity contribution >= 4 is 22.5 Å². The monoisotopic (exact) mass is 224 g/mol. The molecule has 0 saturated heterocycles. The maximum atomic E-state index is 6.13. The van der Waals surface area contributed by atoms with Crippen molar-refractivity contribution in [1.29, 1.82) is 0 Å². The summed E-state index contributed by atoms with van der Waals surface area (Å²) >= 11 is 6.13. The number of nitrogens with zero attached hydrogens (tertiary/aromatic N) is 1. The highest BCUT2D eigenvalue weighted by Crippen LogP contribution is 2.30. The number of hydrogen-bond acceptors (Lipinski definition) is 2. The Morgan fingerprint density at radius 3 is 2.93 bits per heavy atom. The van der Waals surface area contributed by atoms with E-state index in [0.29, 0.717) is 18.2 Å². The Labute approximate surface area is 93.4 Å². The third-order valence-corrected chi connectivity index (χ3v) is 2.72. The Bertz CT molecular complexity index is 479. The lowest BCUT2D eigenvalue weighted by Gasteiger charge is -2.08. The second-order valence-electron chi connectivity index (χ2n) is 3.31. The Balaban J connectivity index is 2.71. The number of fused-ring (bicyclic) bond motifs is 1. The highest BCUT2D eigenvalue weighted by molar-refractivity contribution is 6.31. The molecule has 2 N–H and O–H groups in total. The van der Waals surface area contributed by atoms with Gasteiger partial charge < -0.3 is 15.0 Å². The molecule has 2 aromatic rings. The topological polar surface area (TPSA) is 40.2 Å². The zero-order chi connectivity index (χ0) is 10.8. The van der Waals surface area contributed by atoms with Crippen LogP contribution >= 0.6 is 11.6 Å². The molecule has 1 heterocycles. The summed E-state index contributed by atoms with van der Waals surface area (Å²) in [6.07, 6.45) is 0. The summed E-state index contributed by atoms with van der Waals surface area (Å²) in [5, 5.41) is 1.77. The lowest BCUT2D eigenvalue weighted by molar-refractivity contribution is 0.417. The van der Waals surface area contributed by atoms with Crippen molar-refractivity contribution in [2.75, 3.05) is 13.7 Å². The third-order valence-electron chi connectivity index (χ3n) is 2.41. The SMILES string of the molecule is COc1cccc2cc(Cl)n(CCN)c12. The molecule has 0 aliphatic carbocycles. The van der Waals surface area contributed by atoms with E-state index in [-0.39, 0.29) is 0 Å². The van der Waals surface area contributed by atoms with Crippen LogP contribution in [0.2, 0.25) is 5.15 Å². The van der Waals surface area contributed by atoms with Crippen LogP contribution in [0.25, 0.3) is 10.9 Å². The van der Waals surface area contributed by atoms with E-state index in [2.05, 4.69) is 0 Å². The molecular weight excluding hydrogens is 212 g/mol. The third kappa shape index (κ3) is 1.68. The van der Waals surface area contributed by atoms with Gasteiger partial charge in [-0.05, 0) is 12.1 Å². The molecule has 15 heavy (non-hydrogen) atoms. The number of benzene rings is 1. The van der Waals surface area contributed by atoms with Crippen LogP contribution in [-0.4, -0.2) is 18.2 Å². The van der Waals surface area contributed by atoms with Crippen LogP contribution in [-0.2, 0) is 6.54 Å². The minimum Gasteiger partial charge on any atom is -0.495 e. The van der Waals surface area contributed by atoms with Crippen molar-refractivity contribution < 1.29 is 4.74 Å². The second kappa shape index (κ2) is 4.13. The number of halogens is 1.